The number of amides is 2. The van der Waals surface area contributed by atoms with Crippen LogP contribution in [0.15, 0.2) is 46.4 Å². The van der Waals surface area contributed by atoms with Crippen molar-refractivity contribution >= 4 is 44.2 Å². The van der Waals surface area contributed by atoms with Crippen molar-refractivity contribution in [3.05, 3.63) is 52.2 Å². The molecule has 0 radical (unpaired) electrons. The number of fused-ring (bicyclic) bond motifs is 1. The van der Waals surface area contributed by atoms with Gasteiger partial charge in [-0.2, -0.15) is 0 Å². The van der Waals surface area contributed by atoms with Crippen LogP contribution in [0.2, 0.25) is 5.02 Å². The lowest BCUT2D eigenvalue weighted by atomic mass is 10.0. The van der Waals surface area contributed by atoms with Gasteiger partial charge < -0.3 is 21.1 Å². The first-order valence-corrected chi connectivity index (χ1v) is 11.1. The van der Waals surface area contributed by atoms with Crippen LogP contribution in [0.25, 0.3) is 10.9 Å². The summed E-state index contributed by atoms with van der Waals surface area (Å²) in [6, 6.07) is 3.25. The Morgan fingerprint density at radius 1 is 1.37 bits per heavy atom. The molecule has 2 amide bonds. The van der Waals surface area contributed by atoms with Crippen molar-refractivity contribution in [1.29, 1.82) is 0 Å². The number of sulfone groups is 1. The minimum atomic E-state index is -4.01. The van der Waals surface area contributed by atoms with Crippen molar-refractivity contribution in [2.24, 2.45) is 5.73 Å². The molecule has 0 bridgehead atoms. The third-order valence-corrected chi connectivity index (χ3v) is 7.23. The molecular weight excluding hydrogens is 430 g/mol. The number of aromatic amines is 1. The summed E-state index contributed by atoms with van der Waals surface area (Å²) in [5, 5.41) is 11.3. The van der Waals surface area contributed by atoms with Crippen LogP contribution in [0.3, 0.4) is 0 Å². The lowest BCUT2D eigenvalue weighted by Crippen LogP contribution is -2.47. The maximum Gasteiger partial charge on any atom is 0.269 e. The molecule has 30 heavy (non-hydrogen) atoms. The molecule has 1 heterocycles. The van der Waals surface area contributed by atoms with E-state index in [2.05, 4.69) is 10.3 Å². The minimum Gasteiger partial charge on any atom is -0.394 e. The van der Waals surface area contributed by atoms with Crippen LogP contribution in [0.1, 0.15) is 30.8 Å². The van der Waals surface area contributed by atoms with Gasteiger partial charge >= 0.3 is 0 Å². The topological polar surface area (TPSA) is 142 Å². The first-order chi connectivity index (χ1) is 14.0. The SMILES string of the molecule is CC1=CC(S(=O)(=O)c2c(C(=O)NC(CO)C(N)=O)[nH]c3ccc(Cl)cc23)CC(C)=C1. The fourth-order valence-electron chi connectivity index (χ4n) is 3.55. The third-order valence-electron chi connectivity index (χ3n) is 4.90. The van der Waals surface area contributed by atoms with Crippen LogP contribution >= 0.6 is 11.6 Å². The number of nitrogens with two attached hydrogens (primary N) is 1. The van der Waals surface area contributed by atoms with Crippen molar-refractivity contribution in [3.63, 3.8) is 0 Å². The van der Waals surface area contributed by atoms with E-state index in [4.69, 9.17) is 17.3 Å². The lowest BCUT2D eigenvalue weighted by molar-refractivity contribution is -0.120. The molecule has 5 N–H and O–H groups in total. The number of allylic oxidation sites excluding steroid dienone is 3. The molecule has 2 unspecified atom stereocenters. The van der Waals surface area contributed by atoms with E-state index in [1.165, 1.54) is 6.07 Å². The molecule has 1 aliphatic carbocycles. The van der Waals surface area contributed by atoms with E-state index >= 15 is 0 Å². The molecule has 0 spiro atoms. The summed E-state index contributed by atoms with van der Waals surface area (Å²) < 4.78 is 27.2. The molecule has 160 valence electrons. The Kier molecular flexibility index (Phi) is 6.07. The number of rotatable bonds is 6. The Labute approximate surface area is 178 Å². The second-order valence-corrected chi connectivity index (χ2v) is 9.86. The highest BCUT2D eigenvalue weighted by atomic mass is 35.5. The van der Waals surface area contributed by atoms with Crippen molar-refractivity contribution in [2.45, 2.75) is 36.5 Å². The number of carbonyl (C=O) groups is 2. The summed E-state index contributed by atoms with van der Waals surface area (Å²) in [5.74, 6) is -1.82. The fraction of sp³-hybridized carbons (Fsp3) is 0.300. The van der Waals surface area contributed by atoms with Gasteiger partial charge in [-0.3, -0.25) is 9.59 Å². The Balaban J connectivity index is 2.18. The summed E-state index contributed by atoms with van der Waals surface area (Å²) in [5.41, 5.74) is 7.03. The Morgan fingerprint density at radius 2 is 2.07 bits per heavy atom. The van der Waals surface area contributed by atoms with Crippen LogP contribution in [0, 0.1) is 0 Å². The van der Waals surface area contributed by atoms with Crippen LogP contribution in [0.5, 0.6) is 0 Å². The number of hydrogen-bond donors (Lipinski definition) is 4. The second-order valence-electron chi connectivity index (χ2n) is 7.32. The monoisotopic (exact) mass is 451 g/mol. The molecule has 2 aromatic rings. The quantitative estimate of drug-likeness (QED) is 0.530. The van der Waals surface area contributed by atoms with Crippen LogP contribution in [0.4, 0.5) is 0 Å². The number of carbonyl (C=O) groups excluding carboxylic acids is 2. The number of aromatic nitrogens is 1. The lowest BCUT2D eigenvalue weighted by Gasteiger charge is -2.20. The summed E-state index contributed by atoms with van der Waals surface area (Å²) in [4.78, 5) is 26.9. The second kappa shape index (κ2) is 8.25. The van der Waals surface area contributed by atoms with Gasteiger partial charge in [-0.25, -0.2) is 8.42 Å². The number of halogens is 1. The zero-order valence-corrected chi connectivity index (χ0v) is 18.0. The summed E-state index contributed by atoms with van der Waals surface area (Å²) in [6.07, 6.45) is 3.84. The van der Waals surface area contributed by atoms with Gasteiger partial charge in [0.05, 0.1) is 11.9 Å². The normalized spacial score (nSPS) is 17.9. The minimum absolute atomic E-state index is 0.206. The summed E-state index contributed by atoms with van der Waals surface area (Å²) in [7, 11) is -4.01. The van der Waals surface area contributed by atoms with E-state index in [1.807, 2.05) is 19.9 Å². The Morgan fingerprint density at radius 3 is 2.67 bits per heavy atom. The van der Waals surface area contributed by atoms with Crippen molar-refractivity contribution < 1.29 is 23.1 Å². The number of aliphatic hydroxyl groups excluding tert-OH is 1. The van der Waals surface area contributed by atoms with Gasteiger partial charge in [-0.15, -0.1) is 0 Å². The van der Waals surface area contributed by atoms with Gasteiger partial charge in [0.25, 0.3) is 5.91 Å². The van der Waals surface area contributed by atoms with Gasteiger partial charge in [0, 0.05) is 15.9 Å². The number of nitrogens with one attached hydrogen (secondary N) is 2. The van der Waals surface area contributed by atoms with Crippen molar-refractivity contribution in [1.82, 2.24) is 10.3 Å². The van der Waals surface area contributed by atoms with E-state index in [1.54, 1.807) is 18.2 Å². The van der Waals surface area contributed by atoms with Crippen LogP contribution in [-0.2, 0) is 14.6 Å². The maximum absolute atomic E-state index is 13.6. The first-order valence-electron chi connectivity index (χ1n) is 9.16. The van der Waals surface area contributed by atoms with Gasteiger partial charge in [0.1, 0.15) is 16.6 Å². The maximum atomic E-state index is 13.6. The van der Waals surface area contributed by atoms with E-state index in [0.29, 0.717) is 10.5 Å². The van der Waals surface area contributed by atoms with E-state index in [-0.39, 0.29) is 22.4 Å². The summed E-state index contributed by atoms with van der Waals surface area (Å²) in [6.45, 7) is 2.94. The predicted molar refractivity (Wildman–Crippen MR) is 114 cm³/mol. The number of aliphatic hydroxyl groups is 1. The highest BCUT2D eigenvalue weighted by Crippen LogP contribution is 2.35. The first kappa shape index (κ1) is 22.1. The number of hydrogen-bond acceptors (Lipinski definition) is 5. The number of H-pyrrole nitrogens is 1. The molecule has 0 aliphatic heterocycles. The molecule has 2 atom stereocenters. The van der Waals surface area contributed by atoms with Gasteiger partial charge in [0.2, 0.25) is 5.91 Å². The van der Waals surface area contributed by atoms with Crippen molar-refractivity contribution in [2.75, 3.05) is 6.61 Å². The number of benzene rings is 1. The van der Waals surface area contributed by atoms with E-state index in [0.717, 1.165) is 11.1 Å². The molecule has 1 aromatic carbocycles. The van der Waals surface area contributed by atoms with Crippen LogP contribution < -0.4 is 11.1 Å². The Bertz CT molecular complexity index is 1200. The fourth-order valence-corrected chi connectivity index (χ4v) is 5.80. The molecule has 10 heteroatoms. The van der Waals surface area contributed by atoms with E-state index in [9.17, 15) is 23.1 Å². The zero-order chi connectivity index (χ0) is 22.2. The molecule has 3 rings (SSSR count). The van der Waals surface area contributed by atoms with Crippen LogP contribution in [-0.4, -0.2) is 48.2 Å². The highest BCUT2D eigenvalue weighted by molar-refractivity contribution is 7.92. The molecule has 0 fully saturated rings. The predicted octanol–water partition coefficient (Wildman–Crippen LogP) is 1.84. The molecule has 8 nitrogen and oxygen atoms in total. The largest absolute Gasteiger partial charge is 0.394 e. The zero-order valence-electron chi connectivity index (χ0n) is 16.4. The molecule has 1 aliphatic rings. The summed E-state index contributed by atoms with van der Waals surface area (Å²) >= 11 is 6.09. The van der Waals surface area contributed by atoms with Gasteiger partial charge in [-0.1, -0.05) is 34.9 Å². The molecule has 1 aromatic heterocycles. The number of primary amides is 1. The smallest absolute Gasteiger partial charge is 0.269 e. The van der Waals surface area contributed by atoms with E-state index < -0.39 is 39.6 Å². The van der Waals surface area contributed by atoms with Gasteiger partial charge in [0.15, 0.2) is 9.84 Å². The highest BCUT2D eigenvalue weighted by Gasteiger charge is 2.35. The molecular formula is C20H22ClN3O5S. The standard InChI is InChI=1S/C20H22ClN3O5S/c1-10-5-11(2)7-13(6-10)30(28,29)18-14-8-12(21)3-4-15(14)23-17(18)20(27)24-16(9-25)19(22)26/h3-6,8,13,16,23,25H,7,9H2,1-2H3,(H2,22,26)(H,24,27). The third kappa shape index (κ3) is 4.14. The molecule has 0 saturated carbocycles. The average molecular weight is 452 g/mol. The average Bonchev–Trinajstić information content (AvgIpc) is 3.04. The molecule has 0 saturated heterocycles. The Hall–Kier alpha value is -2.62. The van der Waals surface area contributed by atoms with Crippen molar-refractivity contribution in [3.8, 4) is 0 Å². The van der Waals surface area contributed by atoms with Gasteiger partial charge in [-0.05, 0) is 38.5 Å².